The van der Waals surface area contributed by atoms with Crippen LogP contribution in [0.5, 0.6) is 0 Å². The van der Waals surface area contributed by atoms with Crippen LogP contribution in [-0.4, -0.2) is 36.0 Å². The summed E-state index contributed by atoms with van der Waals surface area (Å²) in [5, 5.41) is 0. The molecule has 0 saturated carbocycles. The van der Waals surface area contributed by atoms with Crippen LogP contribution in [0.25, 0.3) is 0 Å². The zero-order chi connectivity index (χ0) is 15.5. The van der Waals surface area contributed by atoms with Gasteiger partial charge in [-0.25, -0.2) is 4.39 Å². The van der Waals surface area contributed by atoms with E-state index in [2.05, 4.69) is 0 Å². The van der Waals surface area contributed by atoms with Gasteiger partial charge in [0.25, 0.3) is 0 Å². The van der Waals surface area contributed by atoms with Crippen molar-refractivity contribution in [2.45, 2.75) is 38.3 Å². The standard InChI is InChI=1S/C16H23FN2O2/c1-16(2,18)8-7-15(20)19-9-10-21-14(11-19)12-3-5-13(17)6-4-12/h3-6,14H,7-11,18H2,1-2H3. The molecule has 1 aromatic rings. The minimum atomic E-state index is -0.335. The molecule has 0 radical (unpaired) electrons. The Kier molecular flexibility index (Phi) is 4.96. The molecule has 0 aromatic heterocycles. The highest BCUT2D eigenvalue weighted by Crippen LogP contribution is 2.23. The smallest absolute Gasteiger partial charge is 0.222 e. The van der Waals surface area contributed by atoms with Gasteiger partial charge in [-0.05, 0) is 38.0 Å². The maximum atomic E-state index is 13.0. The predicted octanol–water partition coefficient (Wildman–Crippen LogP) is 2.24. The van der Waals surface area contributed by atoms with Crippen LogP contribution in [-0.2, 0) is 9.53 Å². The molecule has 1 aliphatic rings. The number of carbonyl (C=O) groups is 1. The van der Waals surface area contributed by atoms with Crippen molar-refractivity contribution in [1.82, 2.24) is 4.90 Å². The average molecular weight is 294 g/mol. The first-order valence-electron chi connectivity index (χ1n) is 7.29. The Hall–Kier alpha value is -1.46. The lowest BCUT2D eigenvalue weighted by Gasteiger charge is -2.33. The van der Waals surface area contributed by atoms with Crippen molar-refractivity contribution in [2.75, 3.05) is 19.7 Å². The molecule has 1 aliphatic heterocycles. The normalized spacial score (nSPS) is 19.6. The van der Waals surface area contributed by atoms with Gasteiger partial charge in [-0.2, -0.15) is 0 Å². The molecule has 2 rings (SSSR count). The summed E-state index contributed by atoms with van der Waals surface area (Å²) in [6.07, 6.45) is 0.915. The van der Waals surface area contributed by atoms with Gasteiger partial charge < -0.3 is 15.4 Å². The number of hydrogen-bond acceptors (Lipinski definition) is 3. The lowest BCUT2D eigenvalue weighted by molar-refractivity contribution is -0.139. The molecule has 0 bridgehead atoms. The Morgan fingerprint density at radius 2 is 2.10 bits per heavy atom. The second-order valence-electron chi connectivity index (χ2n) is 6.24. The summed E-state index contributed by atoms with van der Waals surface area (Å²) < 4.78 is 18.6. The molecule has 1 unspecified atom stereocenters. The van der Waals surface area contributed by atoms with Gasteiger partial charge in [-0.3, -0.25) is 4.79 Å². The molecule has 1 saturated heterocycles. The van der Waals surface area contributed by atoms with Crippen molar-refractivity contribution in [3.05, 3.63) is 35.6 Å². The minimum absolute atomic E-state index is 0.101. The fourth-order valence-corrected chi connectivity index (χ4v) is 2.34. The van der Waals surface area contributed by atoms with E-state index in [4.69, 9.17) is 10.5 Å². The number of morpholine rings is 1. The third-order valence-electron chi connectivity index (χ3n) is 3.64. The van der Waals surface area contributed by atoms with Crippen LogP contribution in [0.3, 0.4) is 0 Å². The van der Waals surface area contributed by atoms with Gasteiger partial charge in [-0.1, -0.05) is 12.1 Å². The van der Waals surface area contributed by atoms with Gasteiger partial charge >= 0.3 is 0 Å². The lowest BCUT2D eigenvalue weighted by Crippen LogP contribution is -2.43. The number of halogens is 1. The summed E-state index contributed by atoms with van der Waals surface area (Å²) in [6.45, 7) is 5.44. The van der Waals surface area contributed by atoms with Crippen molar-refractivity contribution in [1.29, 1.82) is 0 Å². The number of carbonyl (C=O) groups excluding carboxylic acids is 1. The van der Waals surface area contributed by atoms with Crippen LogP contribution < -0.4 is 5.73 Å². The van der Waals surface area contributed by atoms with Crippen LogP contribution >= 0.6 is 0 Å². The SMILES string of the molecule is CC(C)(N)CCC(=O)N1CCOC(c2ccc(F)cc2)C1. The number of ether oxygens (including phenoxy) is 1. The summed E-state index contributed by atoms with van der Waals surface area (Å²) >= 11 is 0. The zero-order valence-corrected chi connectivity index (χ0v) is 12.6. The number of nitrogens with zero attached hydrogens (tertiary/aromatic N) is 1. The Morgan fingerprint density at radius 3 is 2.71 bits per heavy atom. The van der Waals surface area contributed by atoms with E-state index < -0.39 is 0 Å². The number of benzene rings is 1. The maximum absolute atomic E-state index is 13.0. The van der Waals surface area contributed by atoms with E-state index in [1.54, 1.807) is 12.1 Å². The molecule has 1 heterocycles. The summed E-state index contributed by atoms with van der Waals surface area (Å²) in [5.41, 5.74) is 6.48. The van der Waals surface area contributed by atoms with Gasteiger partial charge in [0.2, 0.25) is 5.91 Å². The molecule has 1 amide bonds. The van der Waals surface area contributed by atoms with Crippen LogP contribution in [0, 0.1) is 5.82 Å². The molecule has 1 fully saturated rings. The Balaban J connectivity index is 1.94. The molecule has 0 aliphatic carbocycles. The summed E-state index contributed by atoms with van der Waals surface area (Å²) in [6, 6.07) is 6.24. The van der Waals surface area contributed by atoms with Crippen molar-refractivity contribution in [3.63, 3.8) is 0 Å². The van der Waals surface area contributed by atoms with E-state index in [0.717, 1.165) is 5.56 Å². The first-order valence-corrected chi connectivity index (χ1v) is 7.29. The largest absolute Gasteiger partial charge is 0.370 e. The van der Waals surface area contributed by atoms with Gasteiger partial charge in [0, 0.05) is 18.5 Å². The van der Waals surface area contributed by atoms with Crippen LogP contribution in [0.15, 0.2) is 24.3 Å². The topological polar surface area (TPSA) is 55.6 Å². The molecular formula is C16H23FN2O2. The monoisotopic (exact) mass is 294 g/mol. The van der Waals surface area contributed by atoms with Crippen LogP contribution in [0.4, 0.5) is 4.39 Å². The molecular weight excluding hydrogens is 271 g/mol. The summed E-state index contributed by atoms with van der Waals surface area (Å²) in [7, 11) is 0. The molecule has 21 heavy (non-hydrogen) atoms. The quantitative estimate of drug-likeness (QED) is 0.926. The molecule has 4 nitrogen and oxygen atoms in total. The molecule has 0 spiro atoms. The number of hydrogen-bond donors (Lipinski definition) is 1. The fourth-order valence-electron chi connectivity index (χ4n) is 2.34. The minimum Gasteiger partial charge on any atom is -0.370 e. The second kappa shape index (κ2) is 6.54. The maximum Gasteiger partial charge on any atom is 0.222 e. The van der Waals surface area contributed by atoms with E-state index in [1.807, 2.05) is 18.7 Å². The average Bonchev–Trinajstić information content (AvgIpc) is 2.45. The Labute approximate surface area is 125 Å². The molecule has 1 aromatic carbocycles. The van der Waals surface area contributed by atoms with Crippen molar-refractivity contribution in [3.8, 4) is 0 Å². The first-order chi connectivity index (χ1) is 9.85. The highest BCUT2D eigenvalue weighted by molar-refractivity contribution is 5.76. The lowest BCUT2D eigenvalue weighted by atomic mass is 9.99. The van der Waals surface area contributed by atoms with E-state index in [9.17, 15) is 9.18 Å². The fraction of sp³-hybridized carbons (Fsp3) is 0.562. The van der Waals surface area contributed by atoms with Gasteiger partial charge in [0.1, 0.15) is 11.9 Å². The molecule has 116 valence electrons. The number of nitrogens with two attached hydrogens (primary N) is 1. The van der Waals surface area contributed by atoms with E-state index >= 15 is 0 Å². The summed E-state index contributed by atoms with van der Waals surface area (Å²) in [4.78, 5) is 14.0. The van der Waals surface area contributed by atoms with E-state index in [0.29, 0.717) is 32.5 Å². The Morgan fingerprint density at radius 1 is 1.43 bits per heavy atom. The third-order valence-corrected chi connectivity index (χ3v) is 3.64. The van der Waals surface area contributed by atoms with E-state index in [1.165, 1.54) is 12.1 Å². The van der Waals surface area contributed by atoms with Gasteiger partial charge in [0.15, 0.2) is 0 Å². The van der Waals surface area contributed by atoms with Crippen LogP contribution in [0.1, 0.15) is 38.4 Å². The van der Waals surface area contributed by atoms with Crippen molar-refractivity contribution >= 4 is 5.91 Å². The predicted molar refractivity (Wildman–Crippen MR) is 79.2 cm³/mol. The number of rotatable bonds is 4. The van der Waals surface area contributed by atoms with E-state index in [-0.39, 0.29) is 23.4 Å². The highest BCUT2D eigenvalue weighted by Gasteiger charge is 2.26. The first kappa shape index (κ1) is 15.9. The van der Waals surface area contributed by atoms with Crippen molar-refractivity contribution < 1.29 is 13.9 Å². The van der Waals surface area contributed by atoms with Crippen LogP contribution in [0.2, 0.25) is 0 Å². The molecule has 1 atom stereocenters. The summed E-state index contributed by atoms with van der Waals surface area (Å²) in [5.74, 6) is -0.170. The van der Waals surface area contributed by atoms with Gasteiger partial charge in [0.05, 0.1) is 13.2 Å². The van der Waals surface area contributed by atoms with Gasteiger partial charge in [-0.15, -0.1) is 0 Å². The van der Waals surface area contributed by atoms with Crippen molar-refractivity contribution in [2.24, 2.45) is 5.73 Å². The third kappa shape index (κ3) is 4.79. The highest BCUT2D eigenvalue weighted by atomic mass is 19.1. The molecule has 2 N–H and O–H groups in total. The zero-order valence-electron chi connectivity index (χ0n) is 12.6. The number of amides is 1. The Bertz CT molecular complexity index is 482. The second-order valence-corrected chi connectivity index (χ2v) is 6.24. The molecule has 5 heteroatoms.